The average molecular weight is 876 g/mol. The van der Waals surface area contributed by atoms with Crippen LogP contribution in [0, 0.1) is 0 Å². The van der Waals surface area contributed by atoms with E-state index in [1.54, 1.807) is 0 Å². The van der Waals surface area contributed by atoms with Gasteiger partial charge >= 0.3 is 5.97 Å². The van der Waals surface area contributed by atoms with Gasteiger partial charge < -0.3 is 20.3 Å². The van der Waals surface area contributed by atoms with E-state index in [2.05, 4.69) is 31.3 Å². The Labute approximate surface area is 387 Å². The number of ether oxygens (including phenoxy) is 1. The van der Waals surface area contributed by atoms with Crippen LogP contribution >= 0.6 is 0 Å². The number of hydrogen-bond donors (Lipinski definition) is 3. The summed E-state index contributed by atoms with van der Waals surface area (Å²) in [6, 6.07) is -0.551. The zero-order valence-corrected chi connectivity index (χ0v) is 41.9. The van der Waals surface area contributed by atoms with Crippen molar-refractivity contribution in [3.63, 3.8) is 0 Å². The van der Waals surface area contributed by atoms with E-state index in [1.807, 2.05) is 0 Å². The van der Waals surface area contributed by atoms with E-state index in [4.69, 9.17) is 4.74 Å². The number of rotatable bonds is 52. The van der Waals surface area contributed by atoms with Crippen molar-refractivity contribution in [3.8, 4) is 0 Å². The number of carbonyl (C=O) groups excluding carboxylic acids is 2. The molecule has 1 amide bonds. The highest BCUT2D eigenvalue weighted by atomic mass is 16.5. The Morgan fingerprint density at radius 2 is 0.758 bits per heavy atom. The molecular formula is C56H109NO5. The number of aliphatic hydroxyl groups excluding tert-OH is 2. The quantitative estimate of drug-likeness (QED) is 0.0321. The van der Waals surface area contributed by atoms with Gasteiger partial charge in [-0.3, -0.25) is 9.59 Å². The summed E-state index contributed by atoms with van der Waals surface area (Å²) in [7, 11) is 0. The normalized spacial score (nSPS) is 12.6. The highest BCUT2D eigenvalue weighted by molar-refractivity contribution is 5.76. The van der Waals surface area contributed by atoms with Gasteiger partial charge in [0.15, 0.2) is 0 Å². The molecule has 0 aromatic carbocycles. The number of aliphatic hydroxyl groups is 2. The molecule has 0 saturated heterocycles. The van der Waals surface area contributed by atoms with Gasteiger partial charge in [0.05, 0.1) is 25.4 Å². The van der Waals surface area contributed by atoms with E-state index in [0.29, 0.717) is 25.9 Å². The highest BCUT2D eigenvalue weighted by Crippen LogP contribution is 2.17. The molecule has 0 saturated carbocycles. The molecule has 0 aliphatic rings. The summed E-state index contributed by atoms with van der Waals surface area (Å²) in [5.74, 6) is -0.0593. The highest BCUT2D eigenvalue weighted by Gasteiger charge is 2.20. The summed E-state index contributed by atoms with van der Waals surface area (Å²) in [5, 5.41) is 23.3. The first-order chi connectivity index (χ1) is 30.5. The molecule has 6 nitrogen and oxygen atoms in total. The maximum absolute atomic E-state index is 12.5. The fourth-order valence-corrected chi connectivity index (χ4v) is 8.75. The van der Waals surface area contributed by atoms with E-state index in [1.165, 1.54) is 225 Å². The molecule has 2 atom stereocenters. The molecule has 0 heterocycles. The third-order valence-corrected chi connectivity index (χ3v) is 13.1. The van der Waals surface area contributed by atoms with Crippen molar-refractivity contribution in [2.75, 3.05) is 13.2 Å². The summed E-state index contributed by atoms with van der Waals surface area (Å²) in [5.41, 5.74) is 0. The van der Waals surface area contributed by atoms with Gasteiger partial charge in [-0.15, -0.1) is 0 Å². The Bertz CT molecular complexity index is 924. The maximum atomic E-state index is 12.5. The number of hydrogen-bond acceptors (Lipinski definition) is 5. The van der Waals surface area contributed by atoms with Gasteiger partial charge in [-0.05, 0) is 51.4 Å². The van der Waals surface area contributed by atoms with Crippen LogP contribution in [0.4, 0.5) is 0 Å². The van der Waals surface area contributed by atoms with Crippen LogP contribution in [0.5, 0.6) is 0 Å². The topological polar surface area (TPSA) is 95.9 Å². The van der Waals surface area contributed by atoms with Crippen LogP contribution in [0.2, 0.25) is 0 Å². The first kappa shape index (κ1) is 60.6. The van der Waals surface area contributed by atoms with Crippen LogP contribution < -0.4 is 5.32 Å². The van der Waals surface area contributed by atoms with Crippen molar-refractivity contribution >= 4 is 11.9 Å². The molecule has 0 spiro atoms. The summed E-state index contributed by atoms with van der Waals surface area (Å²) in [4.78, 5) is 24.5. The second-order valence-electron chi connectivity index (χ2n) is 19.3. The molecule has 6 heteroatoms. The minimum Gasteiger partial charge on any atom is -0.466 e. The Balaban J connectivity index is 3.45. The molecule has 0 bridgehead atoms. The predicted molar refractivity (Wildman–Crippen MR) is 269 cm³/mol. The van der Waals surface area contributed by atoms with Crippen LogP contribution in [0.1, 0.15) is 309 Å². The lowest BCUT2D eigenvalue weighted by atomic mass is 10.0. The maximum Gasteiger partial charge on any atom is 0.305 e. The molecule has 62 heavy (non-hydrogen) atoms. The van der Waals surface area contributed by atoms with Crippen LogP contribution in [0.3, 0.4) is 0 Å². The van der Waals surface area contributed by atoms with Gasteiger partial charge in [-0.1, -0.05) is 257 Å². The summed E-state index contributed by atoms with van der Waals surface area (Å²) in [6.07, 6.45) is 60.4. The fraction of sp³-hybridized carbons (Fsp3) is 0.929. The first-order valence-corrected chi connectivity index (χ1v) is 27.9. The molecule has 0 aromatic rings. The molecule has 368 valence electrons. The SMILES string of the molecule is CCCCCC/C=C\CCCCCCCC(=O)OCCCCCCCCCCCCCCCC(=O)NC(CO)C(O)CCCCCCCCCCCCCCCCCCCCC. The zero-order valence-electron chi connectivity index (χ0n) is 41.9. The summed E-state index contributed by atoms with van der Waals surface area (Å²) < 4.78 is 5.46. The van der Waals surface area contributed by atoms with Crippen molar-refractivity contribution in [3.05, 3.63) is 12.2 Å². The largest absolute Gasteiger partial charge is 0.466 e. The second kappa shape index (κ2) is 52.2. The number of nitrogens with one attached hydrogen (secondary N) is 1. The summed E-state index contributed by atoms with van der Waals surface area (Å²) >= 11 is 0. The fourth-order valence-electron chi connectivity index (χ4n) is 8.75. The monoisotopic (exact) mass is 876 g/mol. The number of allylic oxidation sites excluding steroid dienone is 2. The van der Waals surface area contributed by atoms with E-state index >= 15 is 0 Å². The van der Waals surface area contributed by atoms with E-state index in [-0.39, 0.29) is 18.5 Å². The molecule has 0 aromatic heterocycles. The van der Waals surface area contributed by atoms with Crippen molar-refractivity contribution in [2.24, 2.45) is 0 Å². The number of unbranched alkanes of at least 4 members (excludes halogenated alkanes) is 39. The van der Waals surface area contributed by atoms with Crippen LogP contribution in [-0.4, -0.2) is 47.4 Å². The molecule has 2 unspecified atom stereocenters. The average Bonchev–Trinajstić information content (AvgIpc) is 3.27. The molecule has 0 rings (SSSR count). The van der Waals surface area contributed by atoms with Gasteiger partial charge in [0.1, 0.15) is 0 Å². The lowest BCUT2D eigenvalue weighted by Gasteiger charge is -2.22. The Hall–Kier alpha value is -1.40. The zero-order chi connectivity index (χ0) is 45.1. The Morgan fingerprint density at radius 3 is 1.16 bits per heavy atom. The van der Waals surface area contributed by atoms with E-state index in [0.717, 1.165) is 51.4 Å². The van der Waals surface area contributed by atoms with E-state index < -0.39 is 12.1 Å². The van der Waals surface area contributed by atoms with Crippen molar-refractivity contribution in [2.45, 2.75) is 321 Å². The predicted octanol–water partition coefficient (Wildman–Crippen LogP) is 16.9. The standard InChI is InChI=1S/C56H109NO5/c1-3-5-7-9-11-13-15-17-18-19-20-21-22-25-28-32-36-40-44-48-54(59)53(52-58)57-55(60)49-45-41-37-33-29-26-23-27-31-35-39-43-47-51-62-56(61)50-46-42-38-34-30-24-16-14-12-10-8-6-4-2/h14,16,53-54,58-59H,3-13,15,17-52H2,1-2H3,(H,57,60)/b16-14-. The van der Waals surface area contributed by atoms with Crippen molar-refractivity contribution in [1.29, 1.82) is 0 Å². The van der Waals surface area contributed by atoms with Crippen molar-refractivity contribution in [1.82, 2.24) is 5.32 Å². The minimum atomic E-state index is -0.673. The van der Waals surface area contributed by atoms with Gasteiger partial charge in [0.25, 0.3) is 0 Å². The molecule has 0 aliphatic carbocycles. The smallest absolute Gasteiger partial charge is 0.305 e. The third kappa shape index (κ3) is 48.1. The molecule has 0 aliphatic heterocycles. The lowest BCUT2D eigenvalue weighted by molar-refractivity contribution is -0.143. The Morgan fingerprint density at radius 1 is 0.435 bits per heavy atom. The number of esters is 1. The number of carbonyl (C=O) groups is 2. The van der Waals surface area contributed by atoms with Crippen LogP contribution in [-0.2, 0) is 14.3 Å². The lowest BCUT2D eigenvalue weighted by Crippen LogP contribution is -2.45. The minimum absolute atomic E-state index is 0.0139. The van der Waals surface area contributed by atoms with Crippen molar-refractivity contribution < 1.29 is 24.5 Å². The van der Waals surface area contributed by atoms with Crippen LogP contribution in [0.15, 0.2) is 12.2 Å². The summed E-state index contributed by atoms with van der Waals surface area (Å²) in [6.45, 7) is 4.92. The first-order valence-electron chi connectivity index (χ1n) is 27.9. The molecular weight excluding hydrogens is 767 g/mol. The Kier molecular flexibility index (Phi) is 51.0. The molecule has 0 fully saturated rings. The van der Waals surface area contributed by atoms with Gasteiger partial charge in [-0.2, -0.15) is 0 Å². The number of amides is 1. The molecule has 0 radical (unpaired) electrons. The molecule has 3 N–H and O–H groups in total. The van der Waals surface area contributed by atoms with E-state index in [9.17, 15) is 19.8 Å². The van der Waals surface area contributed by atoms with Gasteiger partial charge in [0.2, 0.25) is 5.91 Å². The van der Waals surface area contributed by atoms with Gasteiger partial charge in [-0.25, -0.2) is 0 Å². The second-order valence-corrected chi connectivity index (χ2v) is 19.3. The van der Waals surface area contributed by atoms with Gasteiger partial charge in [0, 0.05) is 12.8 Å². The van der Waals surface area contributed by atoms with Crippen LogP contribution in [0.25, 0.3) is 0 Å². The third-order valence-electron chi connectivity index (χ3n) is 13.1.